The first kappa shape index (κ1) is 19.5. The molecule has 29 heavy (non-hydrogen) atoms. The van der Waals surface area contributed by atoms with E-state index in [4.69, 9.17) is 0 Å². The molecule has 0 aliphatic carbocycles. The van der Waals surface area contributed by atoms with Crippen LogP contribution in [0, 0.1) is 5.82 Å². The SMILES string of the molecule is O=C(CCc1ccccc1)N1CCN(c2nc(Cc3ccc(F)cc3)ns2)CC1. The number of hydrogen-bond donors (Lipinski definition) is 0. The van der Waals surface area contributed by atoms with Crippen molar-refractivity contribution in [3.63, 3.8) is 0 Å². The predicted molar refractivity (Wildman–Crippen MR) is 113 cm³/mol. The first-order valence-electron chi connectivity index (χ1n) is 9.81. The van der Waals surface area contributed by atoms with E-state index in [2.05, 4.69) is 26.4 Å². The van der Waals surface area contributed by atoms with Crippen molar-refractivity contribution in [2.45, 2.75) is 19.3 Å². The van der Waals surface area contributed by atoms with Gasteiger partial charge in [0, 0.05) is 50.6 Å². The maximum Gasteiger partial charge on any atom is 0.223 e. The molecule has 1 aromatic heterocycles. The molecule has 0 atom stereocenters. The van der Waals surface area contributed by atoms with E-state index in [1.54, 1.807) is 12.1 Å². The molecule has 7 heteroatoms. The molecule has 4 rings (SSSR count). The average Bonchev–Trinajstić information content (AvgIpc) is 3.23. The van der Waals surface area contributed by atoms with Crippen molar-refractivity contribution in [3.8, 4) is 0 Å². The lowest BCUT2D eigenvalue weighted by atomic mass is 10.1. The molecule has 1 fully saturated rings. The number of carbonyl (C=O) groups is 1. The molecule has 2 heterocycles. The van der Waals surface area contributed by atoms with Crippen LogP contribution in [0.25, 0.3) is 0 Å². The van der Waals surface area contributed by atoms with Crippen LogP contribution in [0.15, 0.2) is 54.6 Å². The summed E-state index contributed by atoms with van der Waals surface area (Å²) in [6.45, 7) is 2.95. The molecule has 3 aromatic rings. The topological polar surface area (TPSA) is 49.3 Å². The molecular weight excluding hydrogens is 387 g/mol. The normalized spacial score (nSPS) is 14.2. The van der Waals surface area contributed by atoms with Crippen LogP contribution in [-0.2, 0) is 17.6 Å². The molecule has 1 amide bonds. The Morgan fingerprint density at radius 2 is 1.69 bits per heavy atom. The van der Waals surface area contributed by atoms with Gasteiger partial charge in [-0.05, 0) is 29.7 Å². The fourth-order valence-electron chi connectivity index (χ4n) is 3.43. The Balaban J connectivity index is 1.26. The van der Waals surface area contributed by atoms with Gasteiger partial charge in [0.05, 0.1) is 0 Å². The molecule has 0 radical (unpaired) electrons. The molecule has 1 aliphatic rings. The van der Waals surface area contributed by atoms with Gasteiger partial charge in [-0.2, -0.15) is 4.37 Å². The number of carbonyl (C=O) groups excluding carboxylic acids is 1. The Labute approximate surface area is 174 Å². The van der Waals surface area contributed by atoms with Gasteiger partial charge in [-0.1, -0.05) is 42.5 Å². The summed E-state index contributed by atoms with van der Waals surface area (Å²) in [6.07, 6.45) is 1.92. The molecule has 0 N–H and O–H groups in total. The number of aryl methyl sites for hydroxylation is 1. The van der Waals surface area contributed by atoms with E-state index < -0.39 is 0 Å². The van der Waals surface area contributed by atoms with E-state index in [0.717, 1.165) is 36.0 Å². The van der Waals surface area contributed by atoms with Crippen molar-refractivity contribution in [1.82, 2.24) is 14.3 Å². The highest BCUT2D eigenvalue weighted by atomic mass is 32.1. The van der Waals surface area contributed by atoms with Crippen LogP contribution >= 0.6 is 11.5 Å². The number of halogens is 1. The van der Waals surface area contributed by atoms with Gasteiger partial charge in [-0.3, -0.25) is 4.79 Å². The summed E-state index contributed by atoms with van der Waals surface area (Å²) in [7, 11) is 0. The Morgan fingerprint density at radius 3 is 2.41 bits per heavy atom. The highest BCUT2D eigenvalue weighted by Crippen LogP contribution is 2.21. The number of piperazine rings is 1. The summed E-state index contributed by atoms with van der Waals surface area (Å²) in [4.78, 5) is 21.3. The molecule has 1 saturated heterocycles. The Kier molecular flexibility index (Phi) is 6.14. The van der Waals surface area contributed by atoms with Crippen LogP contribution in [0.4, 0.5) is 9.52 Å². The summed E-state index contributed by atoms with van der Waals surface area (Å²) < 4.78 is 17.5. The molecule has 0 saturated carbocycles. The number of benzene rings is 2. The van der Waals surface area contributed by atoms with Gasteiger partial charge in [0.25, 0.3) is 0 Å². The summed E-state index contributed by atoms with van der Waals surface area (Å²) in [5, 5.41) is 0.887. The fourth-order valence-corrected chi connectivity index (χ4v) is 4.17. The van der Waals surface area contributed by atoms with E-state index in [0.29, 0.717) is 25.9 Å². The Hall–Kier alpha value is -2.80. The number of amides is 1. The summed E-state index contributed by atoms with van der Waals surface area (Å²) in [6, 6.07) is 16.5. The minimum absolute atomic E-state index is 0.211. The second-order valence-electron chi connectivity index (χ2n) is 7.15. The number of anilines is 1. The average molecular weight is 411 g/mol. The number of rotatable bonds is 6. The lowest BCUT2D eigenvalue weighted by Crippen LogP contribution is -2.48. The second-order valence-corrected chi connectivity index (χ2v) is 7.88. The van der Waals surface area contributed by atoms with E-state index >= 15 is 0 Å². The van der Waals surface area contributed by atoms with Crippen molar-refractivity contribution in [2.75, 3.05) is 31.1 Å². The molecule has 150 valence electrons. The smallest absolute Gasteiger partial charge is 0.223 e. The van der Waals surface area contributed by atoms with Crippen LogP contribution in [0.1, 0.15) is 23.4 Å². The molecule has 0 spiro atoms. The van der Waals surface area contributed by atoms with Crippen molar-refractivity contribution in [2.24, 2.45) is 0 Å². The van der Waals surface area contributed by atoms with Crippen LogP contribution < -0.4 is 4.90 Å². The van der Waals surface area contributed by atoms with Crippen molar-refractivity contribution in [3.05, 3.63) is 77.4 Å². The van der Waals surface area contributed by atoms with E-state index in [9.17, 15) is 9.18 Å². The van der Waals surface area contributed by atoms with E-state index in [1.165, 1.54) is 29.2 Å². The quantitative estimate of drug-likeness (QED) is 0.624. The van der Waals surface area contributed by atoms with Crippen molar-refractivity contribution >= 4 is 22.6 Å². The third-order valence-electron chi connectivity index (χ3n) is 5.11. The van der Waals surface area contributed by atoms with Gasteiger partial charge in [0.1, 0.15) is 11.6 Å². The van der Waals surface area contributed by atoms with Gasteiger partial charge in [-0.25, -0.2) is 9.37 Å². The standard InChI is InChI=1S/C22H23FN4OS/c23-19-9-6-18(7-10-19)16-20-24-22(29-25-20)27-14-12-26(13-15-27)21(28)11-8-17-4-2-1-3-5-17/h1-7,9-10H,8,11-16H2. The molecule has 0 unspecified atom stereocenters. The summed E-state index contributed by atoms with van der Waals surface area (Å²) in [5.74, 6) is 0.720. The largest absolute Gasteiger partial charge is 0.343 e. The van der Waals surface area contributed by atoms with Crippen LogP contribution in [0.3, 0.4) is 0 Å². The molecule has 1 aliphatic heterocycles. The van der Waals surface area contributed by atoms with Crippen LogP contribution in [0.5, 0.6) is 0 Å². The first-order chi connectivity index (χ1) is 14.2. The summed E-state index contributed by atoms with van der Waals surface area (Å²) in [5.41, 5.74) is 2.19. The second kappa shape index (κ2) is 9.13. The first-order valence-corrected chi connectivity index (χ1v) is 10.6. The highest BCUT2D eigenvalue weighted by Gasteiger charge is 2.23. The number of hydrogen-bond acceptors (Lipinski definition) is 5. The van der Waals surface area contributed by atoms with Gasteiger partial charge >= 0.3 is 0 Å². The number of nitrogens with zero attached hydrogens (tertiary/aromatic N) is 4. The lowest BCUT2D eigenvalue weighted by Gasteiger charge is -2.34. The zero-order valence-electron chi connectivity index (χ0n) is 16.1. The zero-order valence-corrected chi connectivity index (χ0v) is 16.9. The number of aromatic nitrogens is 2. The summed E-state index contributed by atoms with van der Waals surface area (Å²) >= 11 is 1.38. The Morgan fingerprint density at radius 1 is 0.966 bits per heavy atom. The maximum absolute atomic E-state index is 13.0. The van der Waals surface area contributed by atoms with Gasteiger partial charge in [0.2, 0.25) is 11.0 Å². The van der Waals surface area contributed by atoms with Crippen molar-refractivity contribution in [1.29, 1.82) is 0 Å². The molecule has 2 aromatic carbocycles. The molecular formula is C22H23FN4OS. The lowest BCUT2D eigenvalue weighted by molar-refractivity contribution is -0.131. The maximum atomic E-state index is 13.0. The minimum Gasteiger partial charge on any atom is -0.343 e. The third-order valence-corrected chi connectivity index (χ3v) is 5.92. The van der Waals surface area contributed by atoms with Gasteiger partial charge < -0.3 is 9.80 Å². The molecule has 0 bridgehead atoms. The monoisotopic (exact) mass is 410 g/mol. The van der Waals surface area contributed by atoms with Crippen molar-refractivity contribution < 1.29 is 9.18 Å². The Bertz CT molecular complexity index is 937. The van der Waals surface area contributed by atoms with E-state index in [-0.39, 0.29) is 11.7 Å². The van der Waals surface area contributed by atoms with E-state index in [1.807, 2.05) is 23.1 Å². The van der Waals surface area contributed by atoms with Gasteiger partial charge in [-0.15, -0.1) is 0 Å². The molecule has 5 nitrogen and oxygen atoms in total. The van der Waals surface area contributed by atoms with Crippen LogP contribution in [-0.4, -0.2) is 46.3 Å². The van der Waals surface area contributed by atoms with Gasteiger partial charge in [0.15, 0.2) is 0 Å². The fraction of sp³-hybridized carbons (Fsp3) is 0.318. The third kappa shape index (κ3) is 5.17. The van der Waals surface area contributed by atoms with Crippen LogP contribution in [0.2, 0.25) is 0 Å². The predicted octanol–water partition coefficient (Wildman–Crippen LogP) is 3.55. The zero-order chi connectivity index (χ0) is 20.1. The minimum atomic E-state index is -0.239. The highest BCUT2D eigenvalue weighted by molar-refractivity contribution is 7.09.